The van der Waals surface area contributed by atoms with Crippen LogP contribution in [0.15, 0.2) is 60.7 Å². The summed E-state index contributed by atoms with van der Waals surface area (Å²) in [6, 6.07) is 18.3. The van der Waals surface area contributed by atoms with Gasteiger partial charge >= 0.3 is 6.18 Å². The lowest BCUT2D eigenvalue weighted by Crippen LogP contribution is -2.69. The van der Waals surface area contributed by atoms with E-state index in [0.717, 1.165) is 5.56 Å². The first kappa shape index (κ1) is 17.0. The maximum absolute atomic E-state index is 14.2. The highest BCUT2D eigenvalue weighted by atomic mass is 19.4. The standard InChI is InChI=1S/C19H21F3N2/c20-19(21,22)18(13-16-7-3-1-4-8-16)15-23-11-12-24(18)14-17-9-5-2-6-10-17/h1-10,23H,11-15H2. The summed E-state index contributed by atoms with van der Waals surface area (Å²) in [6.45, 7) is 1.16. The van der Waals surface area contributed by atoms with Gasteiger partial charge in [0, 0.05) is 32.6 Å². The average Bonchev–Trinajstić information content (AvgIpc) is 2.57. The number of halogens is 3. The zero-order chi connectivity index (χ0) is 17.0. The molecule has 2 nitrogen and oxygen atoms in total. The lowest BCUT2D eigenvalue weighted by molar-refractivity contribution is -0.238. The van der Waals surface area contributed by atoms with Crippen LogP contribution in [-0.2, 0) is 13.0 Å². The minimum atomic E-state index is -4.31. The Labute approximate surface area is 140 Å². The number of nitrogens with zero attached hydrogens (tertiary/aromatic N) is 1. The van der Waals surface area contributed by atoms with Crippen molar-refractivity contribution in [2.45, 2.75) is 24.7 Å². The third-order valence-corrected chi connectivity index (χ3v) is 4.66. The van der Waals surface area contributed by atoms with Crippen LogP contribution in [0.5, 0.6) is 0 Å². The van der Waals surface area contributed by atoms with Gasteiger partial charge in [0.25, 0.3) is 0 Å². The Bertz CT molecular complexity index is 643. The first-order valence-corrected chi connectivity index (χ1v) is 8.12. The van der Waals surface area contributed by atoms with Gasteiger partial charge in [-0.1, -0.05) is 60.7 Å². The molecule has 0 aromatic heterocycles. The normalized spacial score (nSPS) is 22.5. The van der Waals surface area contributed by atoms with Crippen molar-refractivity contribution in [1.29, 1.82) is 0 Å². The highest BCUT2D eigenvalue weighted by molar-refractivity contribution is 5.22. The number of benzene rings is 2. The Morgan fingerprint density at radius 3 is 2.08 bits per heavy atom. The second-order valence-electron chi connectivity index (χ2n) is 6.28. The molecule has 0 bridgehead atoms. The van der Waals surface area contributed by atoms with Gasteiger partial charge in [-0.3, -0.25) is 4.90 Å². The van der Waals surface area contributed by atoms with Gasteiger partial charge in [-0.25, -0.2) is 0 Å². The molecule has 0 radical (unpaired) electrons. The van der Waals surface area contributed by atoms with Crippen molar-refractivity contribution in [3.8, 4) is 0 Å². The van der Waals surface area contributed by atoms with Crippen LogP contribution in [0.1, 0.15) is 11.1 Å². The molecule has 1 aliphatic heterocycles. The van der Waals surface area contributed by atoms with E-state index in [2.05, 4.69) is 5.32 Å². The van der Waals surface area contributed by atoms with Gasteiger partial charge in [0.15, 0.2) is 0 Å². The van der Waals surface area contributed by atoms with Gasteiger partial charge in [0.05, 0.1) is 0 Å². The Morgan fingerprint density at radius 1 is 0.917 bits per heavy atom. The monoisotopic (exact) mass is 334 g/mol. The van der Waals surface area contributed by atoms with E-state index in [1.165, 1.54) is 0 Å². The topological polar surface area (TPSA) is 15.3 Å². The van der Waals surface area contributed by atoms with Crippen LogP contribution in [0.2, 0.25) is 0 Å². The van der Waals surface area contributed by atoms with Crippen molar-refractivity contribution in [3.63, 3.8) is 0 Å². The van der Waals surface area contributed by atoms with E-state index in [9.17, 15) is 13.2 Å². The minimum Gasteiger partial charge on any atom is -0.313 e. The zero-order valence-electron chi connectivity index (χ0n) is 13.4. The molecule has 24 heavy (non-hydrogen) atoms. The molecular formula is C19H21F3N2. The molecule has 1 fully saturated rings. The molecule has 0 spiro atoms. The van der Waals surface area contributed by atoms with E-state index in [4.69, 9.17) is 0 Å². The molecule has 3 rings (SSSR count). The predicted octanol–water partition coefficient (Wildman–Crippen LogP) is 3.64. The molecule has 1 unspecified atom stereocenters. The first-order chi connectivity index (χ1) is 11.5. The summed E-state index contributed by atoms with van der Waals surface area (Å²) in [5, 5.41) is 2.96. The molecule has 1 atom stereocenters. The third kappa shape index (κ3) is 3.47. The summed E-state index contributed by atoms with van der Waals surface area (Å²) >= 11 is 0. The Kier molecular flexibility index (Phi) is 4.92. The van der Waals surface area contributed by atoms with Gasteiger partial charge in [0.1, 0.15) is 5.54 Å². The molecule has 1 N–H and O–H groups in total. The van der Waals surface area contributed by atoms with Crippen molar-refractivity contribution in [1.82, 2.24) is 10.2 Å². The molecule has 1 saturated heterocycles. The number of piperazine rings is 1. The molecular weight excluding hydrogens is 313 g/mol. The van der Waals surface area contributed by atoms with Crippen LogP contribution >= 0.6 is 0 Å². The van der Waals surface area contributed by atoms with E-state index >= 15 is 0 Å². The van der Waals surface area contributed by atoms with E-state index in [-0.39, 0.29) is 13.0 Å². The second-order valence-corrected chi connectivity index (χ2v) is 6.28. The highest BCUT2D eigenvalue weighted by Crippen LogP contribution is 2.40. The predicted molar refractivity (Wildman–Crippen MR) is 88.7 cm³/mol. The van der Waals surface area contributed by atoms with Crippen molar-refractivity contribution >= 4 is 0 Å². The molecule has 1 aliphatic rings. The Hall–Kier alpha value is -1.85. The zero-order valence-corrected chi connectivity index (χ0v) is 13.4. The van der Waals surface area contributed by atoms with E-state index in [1.54, 1.807) is 29.2 Å². The first-order valence-electron chi connectivity index (χ1n) is 8.12. The van der Waals surface area contributed by atoms with Crippen molar-refractivity contribution in [2.75, 3.05) is 19.6 Å². The smallest absolute Gasteiger partial charge is 0.313 e. The van der Waals surface area contributed by atoms with Crippen molar-refractivity contribution in [2.24, 2.45) is 0 Å². The molecule has 0 aliphatic carbocycles. The quantitative estimate of drug-likeness (QED) is 0.918. The maximum atomic E-state index is 14.2. The molecule has 5 heteroatoms. The number of hydrogen-bond acceptors (Lipinski definition) is 2. The summed E-state index contributed by atoms with van der Waals surface area (Å²) in [5.74, 6) is 0. The Balaban J connectivity index is 1.94. The summed E-state index contributed by atoms with van der Waals surface area (Å²) in [4.78, 5) is 1.59. The van der Waals surface area contributed by atoms with E-state index in [0.29, 0.717) is 25.2 Å². The van der Waals surface area contributed by atoms with Gasteiger partial charge in [-0.05, 0) is 11.1 Å². The number of nitrogens with one attached hydrogen (secondary N) is 1. The molecule has 1 heterocycles. The fourth-order valence-electron chi connectivity index (χ4n) is 3.36. The van der Waals surface area contributed by atoms with Crippen molar-refractivity contribution < 1.29 is 13.2 Å². The number of rotatable bonds is 4. The fraction of sp³-hybridized carbons (Fsp3) is 0.368. The fourth-order valence-corrected chi connectivity index (χ4v) is 3.36. The lowest BCUT2D eigenvalue weighted by Gasteiger charge is -2.48. The molecule has 2 aromatic carbocycles. The second kappa shape index (κ2) is 6.95. The highest BCUT2D eigenvalue weighted by Gasteiger charge is 2.58. The van der Waals surface area contributed by atoms with Crippen LogP contribution in [0, 0.1) is 0 Å². The third-order valence-electron chi connectivity index (χ3n) is 4.66. The summed E-state index contributed by atoms with van der Waals surface area (Å²) in [6.07, 6.45) is -4.36. The van der Waals surface area contributed by atoms with Crippen LogP contribution in [0.25, 0.3) is 0 Å². The van der Waals surface area contributed by atoms with Crippen molar-refractivity contribution in [3.05, 3.63) is 71.8 Å². The maximum Gasteiger partial charge on any atom is 0.408 e. The molecule has 0 saturated carbocycles. The average molecular weight is 334 g/mol. The van der Waals surface area contributed by atoms with Crippen LogP contribution in [0.3, 0.4) is 0 Å². The SMILES string of the molecule is FC(F)(F)C1(Cc2ccccc2)CNCCN1Cc1ccccc1. The summed E-state index contributed by atoms with van der Waals surface area (Å²) in [5.41, 5.74) is -0.278. The van der Waals surface area contributed by atoms with Gasteiger partial charge in [-0.2, -0.15) is 13.2 Å². The molecule has 0 amide bonds. The summed E-state index contributed by atoms with van der Waals surface area (Å²) < 4.78 is 42.5. The van der Waals surface area contributed by atoms with Crippen LogP contribution < -0.4 is 5.32 Å². The van der Waals surface area contributed by atoms with E-state index < -0.39 is 11.7 Å². The van der Waals surface area contributed by atoms with Gasteiger partial charge in [-0.15, -0.1) is 0 Å². The molecule has 128 valence electrons. The van der Waals surface area contributed by atoms with Crippen LogP contribution in [-0.4, -0.2) is 36.2 Å². The Morgan fingerprint density at radius 2 is 1.50 bits per heavy atom. The number of alkyl halides is 3. The summed E-state index contributed by atoms with van der Waals surface area (Å²) in [7, 11) is 0. The van der Waals surface area contributed by atoms with Gasteiger partial charge < -0.3 is 5.32 Å². The van der Waals surface area contributed by atoms with Crippen LogP contribution in [0.4, 0.5) is 13.2 Å². The largest absolute Gasteiger partial charge is 0.408 e. The number of hydrogen-bond donors (Lipinski definition) is 1. The minimum absolute atomic E-state index is 0.0445. The van der Waals surface area contributed by atoms with Gasteiger partial charge in [0.2, 0.25) is 0 Å². The lowest BCUT2D eigenvalue weighted by atomic mass is 9.85. The van der Waals surface area contributed by atoms with E-state index in [1.807, 2.05) is 36.4 Å². The molecule has 2 aromatic rings.